The predicted molar refractivity (Wildman–Crippen MR) is 95.1 cm³/mol. The molecule has 1 saturated heterocycles. The summed E-state index contributed by atoms with van der Waals surface area (Å²) in [6.45, 7) is 5.53. The molecule has 9 heteroatoms. The molecular weight excluding hydrogens is 334 g/mol. The molecule has 136 valence electrons. The molecular formula is C17H21N7O2. The quantitative estimate of drug-likeness (QED) is 0.735. The van der Waals surface area contributed by atoms with E-state index in [4.69, 9.17) is 4.52 Å². The van der Waals surface area contributed by atoms with Crippen molar-refractivity contribution in [3.05, 3.63) is 28.8 Å². The van der Waals surface area contributed by atoms with Gasteiger partial charge in [0.25, 0.3) is 11.6 Å². The monoisotopic (exact) mass is 355 g/mol. The molecule has 0 aliphatic carbocycles. The third-order valence-corrected chi connectivity index (χ3v) is 4.70. The first kappa shape index (κ1) is 16.6. The Bertz CT molecular complexity index is 969. The summed E-state index contributed by atoms with van der Waals surface area (Å²) in [5, 5.41) is 15.2. The van der Waals surface area contributed by atoms with Crippen LogP contribution in [0.4, 0.5) is 5.95 Å². The number of hydrogen-bond acceptors (Lipinski definition) is 7. The van der Waals surface area contributed by atoms with Crippen LogP contribution in [0.1, 0.15) is 46.3 Å². The maximum Gasteiger partial charge on any atom is 0.258 e. The molecule has 4 heterocycles. The predicted octanol–water partition coefficient (Wildman–Crippen LogP) is 1.69. The average molecular weight is 355 g/mol. The Morgan fingerprint density at radius 1 is 1.31 bits per heavy atom. The number of amides is 1. The van der Waals surface area contributed by atoms with Gasteiger partial charge in [-0.1, -0.05) is 5.16 Å². The first-order chi connectivity index (χ1) is 12.5. The van der Waals surface area contributed by atoms with Gasteiger partial charge in [0.15, 0.2) is 5.82 Å². The van der Waals surface area contributed by atoms with E-state index in [-0.39, 0.29) is 5.91 Å². The Morgan fingerprint density at radius 3 is 2.85 bits per heavy atom. The van der Waals surface area contributed by atoms with Gasteiger partial charge < -0.3 is 9.84 Å². The summed E-state index contributed by atoms with van der Waals surface area (Å²) >= 11 is 0. The van der Waals surface area contributed by atoms with Crippen LogP contribution in [0.2, 0.25) is 0 Å². The van der Waals surface area contributed by atoms with Gasteiger partial charge in [0.2, 0.25) is 5.95 Å². The highest BCUT2D eigenvalue weighted by Crippen LogP contribution is 2.25. The van der Waals surface area contributed by atoms with E-state index in [9.17, 15) is 4.79 Å². The number of carbonyl (C=O) groups excluding carboxylic acids is 1. The number of rotatable bonds is 3. The van der Waals surface area contributed by atoms with Crippen LogP contribution in [0.3, 0.4) is 0 Å². The lowest BCUT2D eigenvalue weighted by atomic mass is 9.98. The number of nitrogens with zero attached hydrogens (tertiary/aromatic N) is 5. The van der Waals surface area contributed by atoms with Gasteiger partial charge in [-0.05, 0) is 45.8 Å². The van der Waals surface area contributed by atoms with E-state index >= 15 is 0 Å². The van der Waals surface area contributed by atoms with Crippen LogP contribution in [0.5, 0.6) is 0 Å². The van der Waals surface area contributed by atoms with E-state index in [2.05, 4.69) is 30.9 Å². The molecule has 1 amide bonds. The minimum atomic E-state index is -0.279. The largest absolute Gasteiger partial charge is 0.336 e. The topological polar surface area (TPSA) is 111 Å². The van der Waals surface area contributed by atoms with Crippen molar-refractivity contribution in [3.63, 3.8) is 0 Å². The SMILES string of the molecule is Cc1cc(C(=O)Nc2nc(C3CCNCC3)nn2C)c2c(C)noc2n1. The van der Waals surface area contributed by atoms with Crippen LogP contribution in [-0.2, 0) is 7.05 Å². The molecule has 2 N–H and O–H groups in total. The zero-order valence-electron chi connectivity index (χ0n) is 15.0. The maximum atomic E-state index is 12.9. The second kappa shape index (κ2) is 6.49. The van der Waals surface area contributed by atoms with Gasteiger partial charge in [-0.15, -0.1) is 0 Å². The lowest BCUT2D eigenvalue weighted by Crippen LogP contribution is -2.27. The molecule has 3 aromatic rings. The van der Waals surface area contributed by atoms with E-state index < -0.39 is 0 Å². The molecule has 3 aromatic heterocycles. The fourth-order valence-electron chi connectivity index (χ4n) is 3.33. The van der Waals surface area contributed by atoms with Gasteiger partial charge in [-0.2, -0.15) is 10.1 Å². The van der Waals surface area contributed by atoms with Crippen LogP contribution in [0.15, 0.2) is 10.6 Å². The summed E-state index contributed by atoms with van der Waals surface area (Å²) in [5.41, 5.74) is 2.15. The molecule has 26 heavy (non-hydrogen) atoms. The Morgan fingerprint density at radius 2 is 2.08 bits per heavy atom. The fourth-order valence-corrected chi connectivity index (χ4v) is 3.33. The highest BCUT2D eigenvalue weighted by atomic mass is 16.5. The van der Waals surface area contributed by atoms with Crippen molar-refractivity contribution >= 4 is 23.0 Å². The number of anilines is 1. The van der Waals surface area contributed by atoms with Crippen molar-refractivity contribution in [2.24, 2.45) is 7.05 Å². The number of aromatic nitrogens is 5. The van der Waals surface area contributed by atoms with E-state index in [1.165, 1.54) is 0 Å². The van der Waals surface area contributed by atoms with Crippen LogP contribution >= 0.6 is 0 Å². The Kier molecular flexibility index (Phi) is 4.15. The van der Waals surface area contributed by atoms with Gasteiger partial charge in [-0.3, -0.25) is 10.1 Å². The minimum absolute atomic E-state index is 0.279. The normalized spacial score (nSPS) is 15.5. The summed E-state index contributed by atoms with van der Waals surface area (Å²) in [4.78, 5) is 21.7. The molecule has 0 saturated carbocycles. The van der Waals surface area contributed by atoms with Gasteiger partial charge in [0, 0.05) is 18.7 Å². The third-order valence-electron chi connectivity index (χ3n) is 4.70. The molecule has 0 bridgehead atoms. The molecule has 0 radical (unpaired) electrons. The average Bonchev–Trinajstić information content (AvgIpc) is 3.18. The van der Waals surface area contributed by atoms with Crippen molar-refractivity contribution in [1.82, 2.24) is 30.2 Å². The fraction of sp³-hybridized carbons (Fsp3) is 0.471. The number of hydrogen-bond donors (Lipinski definition) is 2. The summed E-state index contributed by atoms with van der Waals surface area (Å²) in [7, 11) is 1.78. The van der Waals surface area contributed by atoms with Crippen LogP contribution in [-0.4, -0.2) is 43.9 Å². The van der Waals surface area contributed by atoms with Crippen LogP contribution < -0.4 is 10.6 Å². The number of carbonyl (C=O) groups is 1. The number of fused-ring (bicyclic) bond motifs is 1. The lowest BCUT2D eigenvalue weighted by Gasteiger charge is -2.19. The number of piperidine rings is 1. The van der Waals surface area contributed by atoms with Gasteiger partial charge in [-0.25, -0.2) is 9.67 Å². The summed E-state index contributed by atoms with van der Waals surface area (Å²) in [6.07, 6.45) is 2.00. The number of aryl methyl sites for hydroxylation is 3. The van der Waals surface area contributed by atoms with Gasteiger partial charge in [0.05, 0.1) is 16.6 Å². The molecule has 0 atom stereocenters. The van der Waals surface area contributed by atoms with Crippen molar-refractivity contribution in [3.8, 4) is 0 Å². The summed E-state index contributed by atoms with van der Waals surface area (Å²) < 4.78 is 6.81. The third kappa shape index (κ3) is 2.94. The van der Waals surface area contributed by atoms with E-state index in [1.54, 1.807) is 24.7 Å². The van der Waals surface area contributed by atoms with Crippen molar-refractivity contribution in [2.45, 2.75) is 32.6 Å². The van der Waals surface area contributed by atoms with Gasteiger partial charge >= 0.3 is 0 Å². The van der Waals surface area contributed by atoms with Crippen molar-refractivity contribution in [1.29, 1.82) is 0 Å². The molecule has 1 aliphatic heterocycles. The zero-order chi connectivity index (χ0) is 18.3. The van der Waals surface area contributed by atoms with Crippen LogP contribution in [0.25, 0.3) is 11.1 Å². The molecule has 0 spiro atoms. The standard InChI is InChI=1S/C17H21N7O2/c1-9-8-12(13-10(2)23-26-16(13)19-9)15(25)21-17-20-14(22-24(17)3)11-4-6-18-7-5-11/h8,11,18H,4-7H2,1-3H3,(H,20,21,22,25). The van der Waals surface area contributed by atoms with E-state index in [0.717, 1.165) is 31.8 Å². The molecule has 9 nitrogen and oxygen atoms in total. The summed E-state index contributed by atoms with van der Waals surface area (Å²) in [6, 6.07) is 1.73. The first-order valence-electron chi connectivity index (χ1n) is 8.69. The van der Waals surface area contributed by atoms with Crippen LogP contribution in [0, 0.1) is 13.8 Å². The molecule has 1 aliphatic rings. The molecule has 0 aromatic carbocycles. The summed E-state index contributed by atoms with van der Waals surface area (Å²) in [5.74, 6) is 1.25. The molecule has 0 unspecified atom stereocenters. The molecule has 1 fully saturated rings. The second-order valence-corrected chi connectivity index (χ2v) is 6.65. The van der Waals surface area contributed by atoms with Crippen molar-refractivity contribution < 1.29 is 9.32 Å². The maximum absolute atomic E-state index is 12.9. The highest BCUT2D eigenvalue weighted by Gasteiger charge is 2.23. The van der Waals surface area contributed by atoms with Gasteiger partial charge in [0.1, 0.15) is 0 Å². The number of pyridine rings is 1. The Hall–Kier alpha value is -2.81. The van der Waals surface area contributed by atoms with E-state index in [1.807, 2.05) is 6.92 Å². The Labute approximate surface area is 150 Å². The molecule has 4 rings (SSSR count). The van der Waals surface area contributed by atoms with E-state index in [0.29, 0.717) is 39.9 Å². The lowest BCUT2D eigenvalue weighted by molar-refractivity contribution is 0.102. The Balaban J connectivity index is 1.63. The number of nitrogens with one attached hydrogen (secondary N) is 2. The zero-order valence-corrected chi connectivity index (χ0v) is 15.0. The smallest absolute Gasteiger partial charge is 0.258 e. The second-order valence-electron chi connectivity index (χ2n) is 6.65. The minimum Gasteiger partial charge on any atom is -0.336 e. The first-order valence-corrected chi connectivity index (χ1v) is 8.69. The highest BCUT2D eigenvalue weighted by molar-refractivity contribution is 6.11. The van der Waals surface area contributed by atoms with Crippen molar-refractivity contribution in [2.75, 3.05) is 18.4 Å².